The van der Waals surface area contributed by atoms with Gasteiger partial charge in [-0.25, -0.2) is 0 Å². The summed E-state index contributed by atoms with van der Waals surface area (Å²) in [6.45, 7) is 8.57. The fourth-order valence-corrected chi connectivity index (χ4v) is 3.18. The largest absolute Gasteiger partial charge is 0.494 e. The Morgan fingerprint density at radius 2 is 1.92 bits per heavy atom. The zero-order valence-corrected chi connectivity index (χ0v) is 18.6. The van der Waals surface area contributed by atoms with E-state index in [0.29, 0.717) is 6.61 Å². The Morgan fingerprint density at radius 1 is 1.19 bits per heavy atom. The number of benzene rings is 1. The summed E-state index contributed by atoms with van der Waals surface area (Å²) in [4.78, 5) is 6.90. The maximum atomic E-state index is 5.70. The van der Waals surface area contributed by atoms with E-state index < -0.39 is 0 Å². The second kappa shape index (κ2) is 14.1. The van der Waals surface area contributed by atoms with Gasteiger partial charge in [0.15, 0.2) is 5.96 Å². The van der Waals surface area contributed by atoms with Gasteiger partial charge in [0.2, 0.25) is 0 Å². The second-order valence-corrected chi connectivity index (χ2v) is 6.68. The van der Waals surface area contributed by atoms with Crippen molar-refractivity contribution < 1.29 is 4.74 Å². The van der Waals surface area contributed by atoms with Gasteiger partial charge in [-0.15, -0.1) is 24.0 Å². The number of likely N-dealkylation sites (tertiary alicyclic amines) is 1. The minimum atomic E-state index is 0. The Labute approximate surface area is 176 Å². The lowest BCUT2D eigenvalue weighted by Crippen LogP contribution is -2.43. The lowest BCUT2D eigenvalue weighted by molar-refractivity contribution is 0.185. The fourth-order valence-electron chi connectivity index (χ4n) is 3.18. The van der Waals surface area contributed by atoms with E-state index in [9.17, 15) is 0 Å². The first kappa shape index (κ1) is 23.0. The van der Waals surface area contributed by atoms with E-state index in [1.165, 1.54) is 38.9 Å². The number of hydrogen-bond acceptors (Lipinski definition) is 3. The van der Waals surface area contributed by atoms with Gasteiger partial charge < -0.3 is 20.3 Å². The Balaban J connectivity index is 0.00000338. The molecule has 0 radical (unpaired) electrons. The number of guanidine groups is 1. The van der Waals surface area contributed by atoms with Gasteiger partial charge in [-0.05, 0) is 63.4 Å². The smallest absolute Gasteiger partial charge is 0.190 e. The molecule has 26 heavy (non-hydrogen) atoms. The molecule has 0 unspecified atom stereocenters. The number of ether oxygens (including phenoxy) is 1. The Bertz CT molecular complexity index is 490. The average molecular weight is 474 g/mol. The molecule has 0 bridgehead atoms. The van der Waals surface area contributed by atoms with Gasteiger partial charge in [-0.1, -0.05) is 25.1 Å². The normalized spacial score (nSPS) is 16.0. The first-order valence-electron chi connectivity index (χ1n) is 9.66. The number of hydrogen-bond donors (Lipinski definition) is 2. The Kier molecular flexibility index (Phi) is 12.5. The maximum absolute atomic E-state index is 5.70. The van der Waals surface area contributed by atoms with E-state index in [1.54, 1.807) is 0 Å². The molecule has 1 aliphatic heterocycles. The van der Waals surface area contributed by atoms with Crippen molar-refractivity contribution in [2.45, 2.75) is 32.6 Å². The standard InChI is InChI=1S/C20H34N4O.HI/c1-3-13-24-14-10-18(11-15-24)17-23-20(21-2)22-12-7-16-25-19-8-5-4-6-9-19;/h4-6,8-9,18H,3,7,10-17H2,1-2H3,(H2,21,22,23);1H. The van der Waals surface area contributed by atoms with Crippen LogP contribution < -0.4 is 15.4 Å². The Morgan fingerprint density at radius 3 is 2.58 bits per heavy atom. The molecule has 1 aromatic carbocycles. The summed E-state index contributed by atoms with van der Waals surface area (Å²) >= 11 is 0. The molecule has 0 amide bonds. The molecule has 148 valence electrons. The van der Waals surface area contributed by atoms with Crippen molar-refractivity contribution >= 4 is 29.9 Å². The number of para-hydroxylation sites is 1. The molecule has 1 aliphatic rings. The van der Waals surface area contributed by atoms with Crippen LogP contribution in [0.4, 0.5) is 0 Å². The number of nitrogens with zero attached hydrogens (tertiary/aromatic N) is 2. The summed E-state index contributed by atoms with van der Waals surface area (Å²) in [5, 5.41) is 6.85. The monoisotopic (exact) mass is 474 g/mol. The third-order valence-corrected chi connectivity index (χ3v) is 4.65. The van der Waals surface area contributed by atoms with E-state index in [-0.39, 0.29) is 24.0 Å². The molecule has 0 saturated carbocycles. The summed E-state index contributed by atoms with van der Waals surface area (Å²) in [5.41, 5.74) is 0. The van der Waals surface area contributed by atoms with Gasteiger partial charge in [0.05, 0.1) is 6.61 Å². The minimum Gasteiger partial charge on any atom is -0.494 e. The quantitative estimate of drug-likeness (QED) is 0.250. The van der Waals surface area contributed by atoms with Crippen molar-refractivity contribution in [3.63, 3.8) is 0 Å². The highest BCUT2D eigenvalue weighted by Gasteiger charge is 2.18. The molecule has 2 N–H and O–H groups in total. The second-order valence-electron chi connectivity index (χ2n) is 6.68. The fraction of sp³-hybridized carbons (Fsp3) is 0.650. The molecular weight excluding hydrogens is 439 g/mol. The van der Waals surface area contributed by atoms with Crippen molar-refractivity contribution in [3.05, 3.63) is 30.3 Å². The minimum absolute atomic E-state index is 0. The van der Waals surface area contributed by atoms with Crippen LogP contribution in [0.15, 0.2) is 35.3 Å². The highest BCUT2D eigenvalue weighted by Crippen LogP contribution is 2.16. The van der Waals surface area contributed by atoms with Gasteiger partial charge in [0.25, 0.3) is 0 Å². The third-order valence-electron chi connectivity index (χ3n) is 4.65. The van der Waals surface area contributed by atoms with Crippen LogP contribution in [0.3, 0.4) is 0 Å². The first-order chi connectivity index (χ1) is 12.3. The van der Waals surface area contributed by atoms with E-state index in [2.05, 4.69) is 27.4 Å². The molecule has 1 aromatic rings. The van der Waals surface area contributed by atoms with Gasteiger partial charge in [-0.3, -0.25) is 4.99 Å². The average Bonchev–Trinajstić information content (AvgIpc) is 2.66. The molecule has 1 saturated heterocycles. The molecule has 1 fully saturated rings. The number of nitrogens with one attached hydrogen (secondary N) is 2. The van der Waals surface area contributed by atoms with Gasteiger partial charge >= 0.3 is 0 Å². The summed E-state index contributed by atoms with van der Waals surface area (Å²) in [7, 11) is 1.83. The van der Waals surface area contributed by atoms with Crippen molar-refractivity contribution in [1.29, 1.82) is 0 Å². The summed E-state index contributed by atoms with van der Waals surface area (Å²) < 4.78 is 5.70. The van der Waals surface area contributed by atoms with Crippen LogP contribution in [0.1, 0.15) is 32.6 Å². The molecule has 0 spiro atoms. The number of halogens is 1. The maximum Gasteiger partial charge on any atom is 0.190 e. The molecule has 6 heteroatoms. The summed E-state index contributed by atoms with van der Waals surface area (Å²) in [6.07, 6.45) is 4.78. The predicted octanol–water partition coefficient (Wildman–Crippen LogP) is 3.36. The van der Waals surface area contributed by atoms with Crippen molar-refractivity contribution in [2.24, 2.45) is 10.9 Å². The van der Waals surface area contributed by atoms with Gasteiger partial charge in [0, 0.05) is 20.1 Å². The number of rotatable bonds is 9. The molecule has 2 rings (SSSR count). The number of aliphatic imine (C=N–C) groups is 1. The van der Waals surface area contributed by atoms with Gasteiger partial charge in [-0.2, -0.15) is 0 Å². The van der Waals surface area contributed by atoms with Crippen LogP contribution in [0.25, 0.3) is 0 Å². The molecular formula is C20H35IN4O. The highest BCUT2D eigenvalue weighted by atomic mass is 127. The van der Waals surface area contributed by atoms with Crippen LogP contribution in [0.2, 0.25) is 0 Å². The van der Waals surface area contributed by atoms with E-state index in [0.717, 1.165) is 37.1 Å². The van der Waals surface area contributed by atoms with Crippen molar-refractivity contribution in [3.8, 4) is 5.75 Å². The zero-order valence-electron chi connectivity index (χ0n) is 16.2. The van der Waals surface area contributed by atoms with Gasteiger partial charge in [0.1, 0.15) is 5.75 Å². The highest BCUT2D eigenvalue weighted by molar-refractivity contribution is 14.0. The predicted molar refractivity (Wildman–Crippen MR) is 121 cm³/mol. The van der Waals surface area contributed by atoms with Crippen LogP contribution in [0, 0.1) is 5.92 Å². The lowest BCUT2D eigenvalue weighted by atomic mass is 9.97. The van der Waals surface area contributed by atoms with Crippen LogP contribution >= 0.6 is 24.0 Å². The Hall–Kier alpha value is -1.02. The number of piperidine rings is 1. The zero-order chi connectivity index (χ0) is 17.7. The molecule has 5 nitrogen and oxygen atoms in total. The molecule has 1 heterocycles. The third kappa shape index (κ3) is 9.07. The van der Waals surface area contributed by atoms with E-state index in [4.69, 9.17) is 4.74 Å². The van der Waals surface area contributed by atoms with E-state index in [1.807, 2.05) is 37.4 Å². The molecule has 0 aliphatic carbocycles. The SMILES string of the molecule is CCCN1CCC(CNC(=NC)NCCCOc2ccccc2)CC1.I. The molecule has 0 atom stereocenters. The summed E-state index contributed by atoms with van der Waals surface area (Å²) in [5.74, 6) is 2.59. The van der Waals surface area contributed by atoms with Crippen LogP contribution in [0.5, 0.6) is 5.75 Å². The van der Waals surface area contributed by atoms with E-state index >= 15 is 0 Å². The topological polar surface area (TPSA) is 48.9 Å². The molecule has 0 aromatic heterocycles. The van der Waals surface area contributed by atoms with Crippen LogP contribution in [-0.4, -0.2) is 57.2 Å². The van der Waals surface area contributed by atoms with Crippen LogP contribution in [-0.2, 0) is 0 Å². The first-order valence-corrected chi connectivity index (χ1v) is 9.66. The summed E-state index contributed by atoms with van der Waals surface area (Å²) in [6, 6.07) is 9.95. The lowest BCUT2D eigenvalue weighted by Gasteiger charge is -2.32. The van der Waals surface area contributed by atoms with Crippen molar-refractivity contribution in [2.75, 3.05) is 46.4 Å². The van der Waals surface area contributed by atoms with Crippen molar-refractivity contribution in [1.82, 2.24) is 15.5 Å².